The van der Waals surface area contributed by atoms with Crippen LogP contribution in [0, 0.1) is 0 Å². The van der Waals surface area contributed by atoms with E-state index in [1.165, 1.54) is 52.4 Å². The number of ether oxygens (including phenoxy) is 2. The van der Waals surface area contributed by atoms with E-state index in [1.807, 2.05) is 12.1 Å². The van der Waals surface area contributed by atoms with Gasteiger partial charge in [-0.25, -0.2) is 9.59 Å². The van der Waals surface area contributed by atoms with Crippen molar-refractivity contribution in [3.8, 4) is 11.3 Å². The molecule has 1 aliphatic carbocycles. The van der Waals surface area contributed by atoms with E-state index in [-0.39, 0.29) is 11.1 Å². The summed E-state index contributed by atoms with van der Waals surface area (Å²) in [5.41, 5.74) is 1.20. The van der Waals surface area contributed by atoms with Crippen molar-refractivity contribution in [2.24, 2.45) is 0 Å². The van der Waals surface area contributed by atoms with Crippen molar-refractivity contribution in [1.29, 1.82) is 0 Å². The molecule has 0 atom stereocenters. The Morgan fingerprint density at radius 2 is 1.63 bits per heavy atom. The maximum absolute atomic E-state index is 11.9. The molecule has 3 rings (SSSR count). The van der Waals surface area contributed by atoms with Gasteiger partial charge in [0.25, 0.3) is 0 Å². The second kappa shape index (κ2) is 8.86. The van der Waals surface area contributed by atoms with Crippen LogP contribution < -0.4 is 5.32 Å². The molecule has 0 aliphatic heterocycles. The third-order valence-corrected chi connectivity index (χ3v) is 5.02. The molecule has 1 fully saturated rings. The highest BCUT2D eigenvalue weighted by Crippen LogP contribution is 2.25. The van der Waals surface area contributed by atoms with Crippen LogP contribution in [0.3, 0.4) is 0 Å². The highest BCUT2D eigenvalue weighted by Gasteiger charge is 2.18. The second-order valence-electron chi connectivity index (χ2n) is 6.89. The van der Waals surface area contributed by atoms with Gasteiger partial charge in [0, 0.05) is 5.56 Å². The highest BCUT2D eigenvalue weighted by atomic mass is 16.5. The molecule has 27 heavy (non-hydrogen) atoms. The van der Waals surface area contributed by atoms with Gasteiger partial charge < -0.3 is 19.2 Å². The summed E-state index contributed by atoms with van der Waals surface area (Å²) < 4.78 is 15.5. The van der Waals surface area contributed by atoms with Crippen molar-refractivity contribution in [2.75, 3.05) is 14.2 Å². The van der Waals surface area contributed by atoms with Crippen molar-refractivity contribution in [3.05, 3.63) is 47.2 Å². The molecule has 1 saturated carbocycles. The lowest BCUT2D eigenvalue weighted by Crippen LogP contribution is -2.88. The Kier molecular flexibility index (Phi) is 6.29. The lowest BCUT2D eigenvalue weighted by Gasteiger charge is -2.19. The first-order valence-electron chi connectivity index (χ1n) is 9.35. The largest absolute Gasteiger partial charge is 0.465 e. The SMILES string of the molecule is COC(=O)c1cc(C(=O)OC)cc(-c2ccc(C[NH2+]C3CCCCC3)o2)c1. The van der Waals surface area contributed by atoms with Gasteiger partial charge in [0.15, 0.2) is 5.76 Å². The minimum atomic E-state index is -0.514. The number of carbonyl (C=O) groups excluding carboxylic acids is 2. The van der Waals surface area contributed by atoms with Crippen molar-refractivity contribution in [2.45, 2.75) is 44.7 Å². The zero-order valence-electron chi connectivity index (χ0n) is 15.8. The van der Waals surface area contributed by atoms with Crippen LogP contribution in [-0.4, -0.2) is 32.2 Å². The van der Waals surface area contributed by atoms with E-state index in [4.69, 9.17) is 13.9 Å². The van der Waals surface area contributed by atoms with Crippen LogP contribution in [0.2, 0.25) is 0 Å². The number of hydrogen-bond donors (Lipinski definition) is 1. The summed E-state index contributed by atoms with van der Waals surface area (Å²) in [5, 5.41) is 2.34. The standard InChI is InChI=1S/C21H25NO5/c1-25-20(23)15-10-14(11-16(12-15)21(24)26-2)19-9-8-18(27-19)13-22-17-6-4-3-5-7-17/h8-12,17,22H,3-7,13H2,1-2H3/p+1. The van der Waals surface area contributed by atoms with Crippen LogP contribution >= 0.6 is 0 Å². The maximum Gasteiger partial charge on any atom is 0.337 e. The third kappa shape index (κ3) is 4.77. The Labute approximate surface area is 158 Å². The predicted molar refractivity (Wildman–Crippen MR) is 99.3 cm³/mol. The maximum atomic E-state index is 11.9. The van der Waals surface area contributed by atoms with Gasteiger partial charge in [-0.1, -0.05) is 6.42 Å². The highest BCUT2D eigenvalue weighted by molar-refractivity contribution is 5.97. The lowest BCUT2D eigenvalue weighted by atomic mass is 9.95. The Hall–Kier alpha value is -2.60. The zero-order valence-corrected chi connectivity index (χ0v) is 15.8. The summed E-state index contributed by atoms with van der Waals surface area (Å²) in [6.45, 7) is 0.783. The van der Waals surface area contributed by atoms with E-state index in [2.05, 4.69) is 5.32 Å². The smallest absolute Gasteiger partial charge is 0.337 e. The molecule has 2 aromatic rings. The number of quaternary nitrogens is 1. The Morgan fingerprint density at radius 1 is 1.00 bits per heavy atom. The number of hydrogen-bond acceptors (Lipinski definition) is 5. The first-order valence-corrected chi connectivity index (χ1v) is 9.35. The molecule has 1 aliphatic rings. The van der Waals surface area contributed by atoms with E-state index >= 15 is 0 Å². The number of furan rings is 1. The molecule has 0 spiro atoms. The normalized spacial score (nSPS) is 14.7. The van der Waals surface area contributed by atoms with E-state index < -0.39 is 11.9 Å². The fraction of sp³-hybridized carbons (Fsp3) is 0.429. The monoisotopic (exact) mass is 372 g/mol. The molecular formula is C21H26NO5+. The Balaban J connectivity index is 1.79. The average Bonchev–Trinajstić information content (AvgIpc) is 3.20. The van der Waals surface area contributed by atoms with Crippen molar-refractivity contribution >= 4 is 11.9 Å². The molecule has 0 saturated heterocycles. The minimum absolute atomic E-state index is 0.280. The minimum Gasteiger partial charge on any atom is -0.465 e. The van der Waals surface area contributed by atoms with Gasteiger partial charge in [-0.15, -0.1) is 0 Å². The zero-order chi connectivity index (χ0) is 19.2. The summed E-state index contributed by atoms with van der Waals surface area (Å²) in [4.78, 5) is 23.9. The average molecular weight is 372 g/mol. The topological polar surface area (TPSA) is 82.4 Å². The molecule has 0 unspecified atom stereocenters. The van der Waals surface area contributed by atoms with Gasteiger partial charge >= 0.3 is 11.9 Å². The van der Waals surface area contributed by atoms with E-state index in [0.29, 0.717) is 17.4 Å². The van der Waals surface area contributed by atoms with Gasteiger partial charge in [-0.3, -0.25) is 0 Å². The Morgan fingerprint density at radius 3 is 2.22 bits per heavy atom. The van der Waals surface area contributed by atoms with Crippen molar-refractivity contribution < 1.29 is 28.8 Å². The van der Waals surface area contributed by atoms with E-state index in [9.17, 15) is 9.59 Å². The number of carbonyl (C=O) groups is 2. The van der Waals surface area contributed by atoms with Gasteiger partial charge in [-0.2, -0.15) is 0 Å². The lowest BCUT2D eigenvalue weighted by molar-refractivity contribution is -0.708. The molecular weight excluding hydrogens is 346 g/mol. The predicted octanol–water partition coefficient (Wildman–Crippen LogP) is 2.92. The number of esters is 2. The molecule has 0 bridgehead atoms. The van der Waals surface area contributed by atoms with Crippen LogP contribution in [0.1, 0.15) is 58.6 Å². The number of benzene rings is 1. The second-order valence-corrected chi connectivity index (χ2v) is 6.89. The fourth-order valence-corrected chi connectivity index (χ4v) is 3.54. The first kappa shape index (κ1) is 19.2. The number of methoxy groups -OCH3 is 2. The first-order chi connectivity index (χ1) is 13.1. The molecule has 6 heteroatoms. The molecule has 6 nitrogen and oxygen atoms in total. The van der Waals surface area contributed by atoms with Gasteiger partial charge in [0.05, 0.1) is 31.4 Å². The van der Waals surface area contributed by atoms with Crippen molar-refractivity contribution in [1.82, 2.24) is 0 Å². The summed E-state index contributed by atoms with van der Waals surface area (Å²) >= 11 is 0. The van der Waals surface area contributed by atoms with Crippen LogP contribution in [0.5, 0.6) is 0 Å². The van der Waals surface area contributed by atoms with Gasteiger partial charge in [0.2, 0.25) is 0 Å². The fourth-order valence-electron chi connectivity index (χ4n) is 3.54. The molecule has 0 radical (unpaired) electrons. The van der Waals surface area contributed by atoms with Gasteiger partial charge in [0.1, 0.15) is 12.3 Å². The van der Waals surface area contributed by atoms with E-state index in [0.717, 1.165) is 12.3 Å². The van der Waals surface area contributed by atoms with Crippen LogP contribution in [0.25, 0.3) is 11.3 Å². The molecule has 144 valence electrons. The third-order valence-electron chi connectivity index (χ3n) is 5.02. The summed E-state index contributed by atoms with van der Waals surface area (Å²) in [6.07, 6.45) is 6.48. The quantitative estimate of drug-likeness (QED) is 0.789. The molecule has 0 amide bonds. The van der Waals surface area contributed by atoms with Gasteiger partial charge in [-0.05, 0) is 56.0 Å². The summed E-state index contributed by atoms with van der Waals surface area (Å²) in [5.74, 6) is 0.454. The molecule has 2 N–H and O–H groups in total. The van der Waals surface area contributed by atoms with Crippen molar-refractivity contribution in [3.63, 3.8) is 0 Å². The summed E-state index contributed by atoms with van der Waals surface area (Å²) in [7, 11) is 2.61. The summed E-state index contributed by atoms with van der Waals surface area (Å²) in [6, 6.07) is 9.25. The molecule has 1 aromatic heterocycles. The number of nitrogens with two attached hydrogens (primary N) is 1. The number of rotatable bonds is 6. The molecule has 1 heterocycles. The van der Waals surface area contributed by atoms with E-state index in [1.54, 1.807) is 12.1 Å². The van der Waals surface area contributed by atoms with Crippen LogP contribution in [0.4, 0.5) is 0 Å². The Bertz CT molecular complexity index is 770. The molecule has 1 aromatic carbocycles. The van der Waals surface area contributed by atoms with Crippen LogP contribution in [-0.2, 0) is 16.0 Å². The van der Waals surface area contributed by atoms with Crippen LogP contribution in [0.15, 0.2) is 34.7 Å².